The summed E-state index contributed by atoms with van der Waals surface area (Å²) in [6.07, 6.45) is 3.54. The Morgan fingerprint density at radius 2 is 1.97 bits per heavy atom. The first kappa shape index (κ1) is 25.2. The van der Waals surface area contributed by atoms with Gasteiger partial charge < -0.3 is 19.1 Å². The van der Waals surface area contributed by atoms with Gasteiger partial charge in [-0.3, -0.25) is 5.10 Å². The van der Waals surface area contributed by atoms with Crippen molar-refractivity contribution >= 4 is 28.7 Å². The highest BCUT2D eigenvalue weighted by Crippen LogP contribution is 2.32. The molecule has 11 heteroatoms. The molecular weight excluding hydrogens is 493 g/mol. The first-order chi connectivity index (χ1) is 17.9. The predicted octanol–water partition coefficient (Wildman–Crippen LogP) is 5.24. The molecule has 0 saturated carbocycles. The molecule has 3 aromatic heterocycles. The molecule has 0 unspecified atom stereocenters. The van der Waals surface area contributed by atoms with Crippen molar-refractivity contribution in [2.75, 3.05) is 24.9 Å². The van der Waals surface area contributed by atoms with Crippen LogP contribution in [0.25, 0.3) is 22.4 Å². The summed E-state index contributed by atoms with van der Waals surface area (Å²) in [6.45, 7) is 8.31. The van der Waals surface area contributed by atoms with Crippen LogP contribution in [-0.2, 0) is 0 Å². The second-order valence-corrected chi connectivity index (χ2v) is 10.1. The molecule has 5 rings (SSSR count). The van der Waals surface area contributed by atoms with Crippen LogP contribution < -0.4 is 14.2 Å². The number of rotatable bonds is 8. The maximum absolute atomic E-state index is 15.0. The van der Waals surface area contributed by atoms with Crippen LogP contribution in [0.4, 0.5) is 10.1 Å². The molecule has 194 valence electrons. The summed E-state index contributed by atoms with van der Waals surface area (Å²) in [7, 11) is 1.59. The van der Waals surface area contributed by atoms with Crippen LogP contribution in [-0.4, -0.2) is 62.4 Å². The Labute approximate surface area is 219 Å². The van der Waals surface area contributed by atoms with E-state index in [4.69, 9.17) is 14.5 Å². The van der Waals surface area contributed by atoms with E-state index in [9.17, 15) is 0 Å². The Kier molecular flexibility index (Phi) is 7.43. The Balaban J connectivity index is 1.36. The SMILES string of the molecule is COc1ccnc(SNc2ccc(-c3nc(OC4CCN(C(C)C)CC4)c4c(C)[nH]nc4n3)cc2F)c1. The third-order valence-corrected chi connectivity index (χ3v) is 7.24. The summed E-state index contributed by atoms with van der Waals surface area (Å²) >= 11 is 1.20. The highest BCUT2D eigenvalue weighted by Gasteiger charge is 2.25. The fourth-order valence-corrected chi connectivity index (χ4v) is 5.00. The number of aromatic nitrogens is 5. The number of likely N-dealkylation sites (tertiary alicyclic amines) is 1. The maximum Gasteiger partial charge on any atom is 0.228 e. The molecule has 1 aromatic carbocycles. The summed E-state index contributed by atoms with van der Waals surface area (Å²) in [4.78, 5) is 16.0. The summed E-state index contributed by atoms with van der Waals surface area (Å²) < 4.78 is 29.7. The lowest BCUT2D eigenvalue weighted by Gasteiger charge is -2.34. The number of piperidine rings is 1. The summed E-state index contributed by atoms with van der Waals surface area (Å²) in [6, 6.07) is 8.89. The fourth-order valence-electron chi connectivity index (χ4n) is 4.33. The average Bonchev–Trinajstić information content (AvgIpc) is 3.29. The number of fused-ring (bicyclic) bond motifs is 1. The lowest BCUT2D eigenvalue weighted by molar-refractivity contribution is 0.0824. The van der Waals surface area contributed by atoms with Gasteiger partial charge in [-0.05, 0) is 57.9 Å². The number of pyridine rings is 1. The first-order valence-electron chi connectivity index (χ1n) is 12.3. The van der Waals surface area contributed by atoms with Gasteiger partial charge in [0.05, 0.1) is 12.8 Å². The van der Waals surface area contributed by atoms with E-state index >= 15 is 4.39 Å². The third kappa shape index (κ3) is 5.62. The number of benzene rings is 1. The highest BCUT2D eigenvalue weighted by atomic mass is 32.2. The maximum atomic E-state index is 15.0. The van der Waals surface area contributed by atoms with Crippen LogP contribution in [0.15, 0.2) is 41.6 Å². The van der Waals surface area contributed by atoms with Crippen molar-refractivity contribution in [1.82, 2.24) is 30.0 Å². The zero-order valence-electron chi connectivity index (χ0n) is 21.3. The van der Waals surface area contributed by atoms with Gasteiger partial charge in [-0.1, -0.05) is 0 Å². The zero-order chi connectivity index (χ0) is 25.9. The molecule has 0 amide bonds. The molecule has 1 aliphatic heterocycles. The molecule has 1 fully saturated rings. The number of methoxy groups -OCH3 is 1. The standard InChI is InChI=1S/C26H30FN7O2S/c1-15(2)34-11-8-18(9-12-34)36-26-23-16(3)31-32-25(23)29-24(30-26)17-5-6-21(20(27)13-17)33-37-22-14-19(35-4)7-10-28-22/h5-7,10,13-15,18,33H,8-9,11-12H2,1-4H3,(H,29,30,31,32). The van der Waals surface area contributed by atoms with Crippen LogP contribution >= 0.6 is 11.9 Å². The second kappa shape index (κ2) is 10.9. The van der Waals surface area contributed by atoms with E-state index in [1.54, 1.807) is 37.6 Å². The normalized spacial score (nSPS) is 14.9. The van der Waals surface area contributed by atoms with E-state index in [2.05, 4.69) is 43.6 Å². The summed E-state index contributed by atoms with van der Waals surface area (Å²) in [5.41, 5.74) is 2.20. The molecule has 37 heavy (non-hydrogen) atoms. The average molecular weight is 524 g/mol. The molecule has 1 saturated heterocycles. The molecule has 0 atom stereocenters. The minimum atomic E-state index is -0.432. The molecule has 0 radical (unpaired) electrons. The number of nitrogens with zero attached hydrogens (tertiary/aromatic N) is 5. The largest absolute Gasteiger partial charge is 0.497 e. The van der Waals surface area contributed by atoms with Crippen molar-refractivity contribution in [2.45, 2.75) is 50.8 Å². The van der Waals surface area contributed by atoms with Crippen molar-refractivity contribution in [1.29, 1.82) is 0 Å². The number of ether oxygens (including phenoxy) is 2. The minimum Gasteiger partial charge on any atom is -0.497 e. The third-order valence-electron chi connectivity index (χ3n) is 6.48. The van der Waals surface area contributed by atoms with E-state index in [0.29, 0.717) is 45.4 Å². The van der Waals surface area contributed by atoms with Gasteiger partial charge in [0.1, 0.15) is 28.1 Å². The van der Waals surface area contributed by atoms with E-state index in [0.717, 1.165) is 37.0 Å². The molecule has 2 N–H and O–H groups in total. The second-order valence-electron chi connectivity index (χ2n) is 9.28. The summed E-state index contributed by atoms with van der Waals surface area (Å²) in [5, 5.41) is 8.71. The Morgan fingerprint density at radius 1 is 1.16 bits per heavy atom. The van der Waals surface area contributed by atoms with Crippen molar-refractivity contribution < 1.29 is 13.9 Å². The lowest BCUT2D eigenvalue weighted by Crippen LogP contribution is -2.41. The van der Waals surface area contributed by atoms with Gasteiger partial charge in [0.15, 0.2) is 11.5 Å². The van der Waals surface area contributed by atoms with Gasteiger partial charge >= 0.3 is 0 Å². The van der Waals surface area contributed by atoms with E-state index in [1.807, 2.05) is 6.92 Å². The monoisotopic (exact) mass is 523 g/mol. The Morgan fingerprint density at radius 3 is 2.70 bits per heavy atom. The fraction of sp³-hybridized carbons (Fsp3) is 0.385. The molecule has 0 aliphatic carbocycles. The van der Waals surface area contributed by atoms with Crippen LogP contribution in [0.1, 0.15) is 32.4 Å². The van der Waals surface area contributed by atoms with Gasteiger partial charge in [0, 0.05) is 54.6 Å². The minimum absolute atomic E-state index is 0.0563. The molecule has 1 aliphatic rings. The van der Waals surface area contributed by atoms with Crippen molar-refractivity contribution in [3.05, 3.63) is 48.0 Å². The highest BCUT2D eigenvalue weighted by molar-refractivity contribution is 8.00. The van der Waals surface area contributed by atoms with Crippen LogP contribution in [0.2, 0.25) is 0 Å². The quantitative estimate of drug-likeness (QED) is 0.300. The topological polar surface area (TPSA) is 101 Å². The number of hydrogen-bond donors (Lipinski definition) is 2. The van der Waals surface area contributed by atoms with Crippen LogP contribution in [0, 0.1) is 12.7 Å². The number of aryl methyl sites for hydroxylation is 1. The lowest BCUT2D eigenvalue weighted by atomic mass is 10.1. The number of aromatic amines is 1. The van der Waals surface area contributed by atoms with Crippen LogP contribution in [0.5, 0.6) is 11.6 Å². The van der Waals surface area contributed by atoms with Crippen LogP contribution in [0.3, 0.4) is 0 Å². The van der Waals surface area contributed by atoms with Gasteiger partial charge in [-0.15, -0.1) is 0 Å². The van der Waals surface area contributed by atoms with Crippen molar-refractivity contribution in [3.8, 4) is 23.0 Å². The van der Waals surface area contributed by atoms with Gasteiger partial charge in [0.2, 0.25) is 5.88 Å². The van der Waals surface area contributed by atoms with Gasteiger partial charge in [-0.25, -0.2) is 14.4 Å². The van der Waals surface area contributed by atoms with Crippen molar-refractivity contribution in [3.63, 3.8) is 0 Å². The molecule has 0 bridgehead atoms. The number of halogens is 1. The number of hydrogen-bond acceptors (Lipinski definition) is 9. The molecule has 0 spiro atoms. The number of anilines is 1. The molecular formula is C26H30FN7O2S. The van der Waals surface area contributed by atoms with E-state index in [1.165, 1.54) is 18.0 Å². The Hall–Kier alpha value is -3.44. The van der Waals surface area contributed by atoms with E-state index < -0.39 is 5.82 Å². The summed E-state index contributed by atoms with van der Waals surface area (Å²) in [5.74, 6) is 1.09. The van der Waals surface area contributed by atoms with Crippen molar-refractivity contribution in [2.24, 2.45) is 0 Å². The smallest absolute Gasteiger partial charge is 0.228 e. The predicted molar refractivity (Wildman–Crippen MR) is 142 cm³/mol. The van der Waals surface area contributed by atoms with Gasteiger partial charge in [0.25, 0.3) is 0 Å². The number of nitrogens with one attached hydrogen (secondary N) is 2. The molecule has 4 heterocycles. The van der Waals surface area contributed by atoms with Gasteiger partial charge in [-0.2, -0.15) is 10.1 Å². The molecule has 4 aromatic rings. The zero-order valence-corrected chi connectivity index (χ0v) is 22.1. The number of H-pyrrole nitrogens is 1. The first-order valence-corrected chi connectivity index (χ1v) is 13.1. The van der Waals surface area contributed by atoms with E-state index in [-0.39, 0.29) is 6.10 Å². The molecule has 9 nitrogen and oxygen atoms in total. The Bertz CT molecular complexity index is 1390.